The van der Waals surface area contributed by atoms with Crippen LogP contribution in [0, 0.1) is 0 Å². The molecule has 2 rings (SSSR count). The number of hydrogen-bond acceptors (Lipinski definition) is 3. The Morgan fingerprint density at radius 3 is 2.67 bits per heavy atom. The molecule has 3 nitrogen and oxygen atoms in total. The van der Waals surface area contributed by atoms with Crippen LogP contribution < -0.4 is 10.6 Å². The number of aromatic nitrogens is 1. The van der Waals surface area contributed by atoms with Crippen molar-refractivity contribution in [1.82, 2.24) is 4.98 Å². The molecule has 0 aliphatic heterocycles. The molecule has 0 spiro atoms. The van der Waals surface area contributed by atoms with E-state index in [0.29, 0.717) is 10.7 Å². The van der Waals surface area contributed by atoms with Crippen molar-refractivity contribution in [2.24, 2.45) is 5.73 Å². The average molecular weight is 299 g/mol. The summed E-state index contributed by atoms with van der Waals surface area (Å²) in [5, 5.41) is 0. The van der Waals surface area contributed by atoms with Gasteiger partial charge in [0.2, 0.25) is 0 Å². The topological polar surface area (TPSA) is 42.2 Å². The Balaban J connectivity index is 2.18. The minimum absolute atomic E-state index is 0.344. The van der Waals surface area contributed by atoms with Crippen LogP contribution in [0.1, 0.15) is 31.0 Å². The summed E-state index contributed by atoms with van der Waals surface area (Å²) < 4.78 is 0. The number of nitrogens with zero attached hydrogens (tertiary/aromatic N) is 2. The quantitative estimate of drug-likeness (QED) is 0.794. The standard InChI is InChI=1S/C17H21N3S/c1-2-3-11-20(15-7-5-4-6-8-15)13-14-9-10-19-16(12-14)17(18)21/h4-10,12H,2-3,11,13H2,1H3,(H2,18,21). The summed E-state index contributed by atoms with van der Waals surface area (Å²) in [5.74, 6) is 0. The van der Waals surface area contributed by atoms with Crippen LogP contribution in [0.3, 0.4) is 0 Å². The van der Waals surface area contributed by atoms with Gasteiger partial charge in [0.25, 0.3) is 0 Å². The molecule has 110 valence electrons. The minimum Gasteiger partial charge on any atom is -0.388 e. The average Bonchev–Trinajstić information content (AvgIpc) is 2.52. The molecular formula is C17H21N3S. The lowest BCUT2D eigenvalue weighted by molar-refractivity contribution is 0.715. The molecule has 1 aromatic carbocycles. The molecule has 0 fully saturated rings. The fourth-order valence-electron chi connectivity index (χ4n) is 2.22. The summed E-state index contributed by atoms with van der Waals surface area (Å²) in [4.78, 5) is 6.92. The molecule has 21 heavy (non-hydrogen) atoms. The van der Waals surface area contributed by atoms with Crippen LogP contribution in [0.4, 0.5) is 5.69 Å². The molecule has 2 N–H and O–H groups in total. The first-order valence-corrected chi connectivity index (χ1v) is 7.66. The number of hydrogen-bond donors (Lipinski definition) is 1. The third kappa shape index (κ3) is 4.53. The van der Waals surface area contributed by atoms with Crippen molar-refractivity contribution in [3.63, 3.8) is 0 Å². The van der Waals surface area contributed by atoms with Crippen LogP contribution >= 0.6 is 12.2 Å². The Morgan fingerprint density at radius 2 is 2.00 bits per heavy atom. The number of para-hydroxylation sites is 1. The van der Waals surface area contributed by atoms with Gasteiger partial charge in [0.15, 0.2) is 0 Å². The first kappa shape index (κ1) is 15.4. The lowest BCUT2D eigenvalue weighted by Gasteiger charge is -2.25. The van der Waals surface area contributed by atoms with Crippen molar-refractivity contribution in [1.29, 1.82) is 0 Å². The van der Waals surface area contributed by atoms with Gasteiger partial charge in [-0.1, -0.05) is 43.8 Å². The number of nitrogens with two attached hydrogens (primary N) is 1. The lowest BCUT2D eigenvalue weighted by Crippen LogP contribution is -2.24. The Morgan fingerprint density at radius 1 is 1.24 bits per heavy atom. The van der Waals surface area contributed by atoms with Gasteiger partial charge in [0.05, 0.1) is 5.69 Å². The molecule has 0 aliphatic carbocycles. The summed E-state index contributed by atoms with van der Waals surface area (Å²) in [7, 11) is 0. The highest BCUT2D eigenvalue weighted by Gasteiger charge is 2.08. The van der Waals surface area contributed by atoms with Gasteiger partial charge in [0, 0.05) is 25.0 Å². The van der Waals surface area contributed by atoms with E-state index in [-0.39, 0.29) is 0 Å². The normalized spacial score (nSPS) is 10.3. The Kier molecular flexibility index (Phi) is 5.69. The summed E-state index contributed by atoms with van der Waals surface area (Å²) in [6.07, 6.45) is 4.12. The zero-order valence-electron chi connectivity index (χ0n) is 12.3. The molecule has 0 saturated carbocycles. The molecule has 0 unspecified atom stereocenters. The van der Waals surface area contributed by atoms with Gasteiger partial charge in [-0.15, -0.1) is 0 Å². The van der Waals surface area contributed by atoms with E-state index >= 15 is 0 Å². The molecule has 2 aromatic rings. The highest BCUT2D eigenvalue weighted by molar-refractivity contribution is 7.80. The van der Waals surface area contributed by atoms with Crippen LogP contribution in [-0.4, -0.2) is 16.5 Å². The van der Waals surface area contributed by atoms with E-state index in [9.17, 15) is 0 Å². The maximum Gasteiger partial charge on any atom is 0.122 e. The zero-order valence-corrected chi connectivity index (χ0v) is 13.1. The Labute approximate surface area is 131 Å². The predicted molar refractivity (Wildman–Crippen MR) is 92.5 cm³/mol. The lowest BCUT2D eigenvalue weighted by atomic mass is 10.1. The van der Waals surface area contributed by atoms with E-state index < -0.39 is 0 Å². The van der Waals surface area contributed by atoms with Gasteiger partial charge in [-0.3, -0.25) is 4.98 Å². The van der Waals surface area contributed by atoms with E-state index in [2.05, 4.69) is 41.1 Å². The SMILES string of the molecule is CCCCN(Cc1ccnc(C(N)=S)c1)c1ccccc1. The van der Waals surface area contributed by atoms with Crippen molar-refractivity contribution in [2.45, 2.75) is 26.3 Å². The Bertz CT molecular complexity index is 584. The van der Waals surface area contributed by atoms with Crippen LogP contribution in [0.5, 0.6) is 0 Å². The minimum atomic E-state index is 0.344. The van der Waals surface area contributed by atoms with Crippen molar-refractivity contribution >= 4 is 22.9 Å². The molecule has 4 heteroatoms. The second kappa shape index (κ2) is 7.74. The van der Waals surface area contributed by atoms with Crippen molar-refractivity contribution in [2.75, 3.05) is 11.4 Å². The number of benzene rings is 1. The first-order valence-electron chi connectivity index (χ1n) is 7.25. The van der Waals surface area contributed by atoms with E-state index in [1.54, 1.807) is 6.20 Å². The Hall–Kier alpha value is -1.94. The highest BCUT2D eigenvalue weighted by Crippen LogP contribution is 2.17. The maximum absolute atomic E-state index is 5.66. The third-order valence-electron chi connectivity index (χ3n) is 3.35. The zero-order chi connectivity index (χ0) is 15.1. The second-order valence-corrected chi connectivity index (χ2v) is 5.46. The molecule has 1 heterocycles. The van der Waals surface area contributed by atoms with Gasteiger partial charge in [-0.05, 0) is 36.2 Å². The fourth-order valence-corrected chi connectivity index (χ4v) is 2.33. The molecule has 0 bridgehead atoms. The van der Waals surface area contributed by atoms with Gasteiger partial charge in [-0.2, -0.15) is 0 Å². The molecule has 0 amide bonds. The largest absolute Gasteiger partial charge is 0.388 e. The van der Waals surface area contributed by atoms with Gasteiger partial charge < -0.3 is 10.6 Å². The molecular weight excluding hydrogens is 278 g/mol. The van der Waals surface area contributed by atoms with E-state index in [1.807, 2.05) is 18.2 Å². The second-order valence-electron chi connectivity index (χ2n) is 5.02. The molecule has 0 saturated heterocycles. The van der Waals surface area contributed by atoms with Gasteiger partial charge in [0.1, 0.15) is 4.99 Å². The monoisotopic (exact) mass is 299 g/mol. The summed E-state index contributed by atoms with van der Waals surface area (Å²) in [6, 6.07) is 14.5. The number of thiocarbonyl (C=S) groups is 1. The third-order valence-corrected chi connectivity index (χ3v) is 3.56. The molecule has 1 aromatic heterocycles. The van der Waals surface area contributed by atoms with E-state index in [0.717, 1.165) is 13.1 Å². The van der Waals surface area contributed by atoms with Gasteiger partial charge in [-0.25, -0.2) is 0 Å². The molecule has 0 radical (unpaired) electrons. The van der Waals surface area contributed by atoms with Gasteiger partial charge >= 0.3 is 0 Å². The van der Waals surface area contributed by atoms with Crippen LogP contribution in [0.15, 0.2) is 48.7 Å². The predicted octanol–water partition coefficient (Wildman–Crippen LogP) is 3.52. The van der Waals surface area contributed by atoms with E-state index in [1.165, 1.54) is 24.1 Å². The van der Waals surface area contributed by atoms with Crippen molar-refractivity contribution in [3.05, 3.63) is 59.9 Å². The molecule has 0 atom stereocenters. The number of unbranched alkanes of at least 4 members (excludes halogenated alkanes) is 1. The van der Waals surface area contributed by atoms with Crippen molar-refractivity contribution in [3.8, 4) is 0 Å². The van der Waals surface area contributed by atoms with E-state index in [4.69, 9.17) is 18.0 Å². The van der Waals surface area contributed by atoms with Crippen molar-refractivity contribution < 1.29 is 0 Å². The van der Waals surface area contributed by atoms with Crippen LogP contribution in [0.2, 0.25) is 0 Å². The van der Waals surface area contributed by atoms with Crippen LogP contribution in [0.25, 0.3) is 0 Å². The summed E-state index contributed by atoms with van der Waals surface area (Å²) in [6.45, 7) is 4.08. The van der Waals surface area contributed by atoms with Crippen LogP contribution in [-0.2, 0) is 6.54 Å². The summed E-state index contributed by atoms with van der Waals surface area (Å²) >= 11 is 5.00. The summed E-state index contributed by atoms with van der Waals surface area (Å²) in [5.41, 5.74) is 8.76. The fraction of sp³-hybridized carbons (Fsp3) is 0.294. The number of anilines is 1. The number of pyridine rings is 1. The molecule has 0 aliphatic rings. The number of rotatable bonds is 7. The maximum atomic E-state index is 5.66. The smallest absolute Gasteiger partial charge is 0.122 e. The first-order chi connectivity index (χ1) is 10.2. The highest BCUT2D eigenvalue weighted by atomic mass is 32.1.